The van der Waals surface area contributed by atoms with E-state index < -0.39 is 5.97 Å². The van der Waals surface area contributed by atoms with Gasteiger partial charge in [-0.05, 0) is 23.9 Å². The van der Waals surface area contributed by atoms with E-state index in [-0.39, 0.29) is 12.5 Å². The molecule has 0 aliphatic rings. The predicted molar refractivity (Wildman–Crippen MR) is 77.6 cm³/mol. The molecule has 0 saturated heterocycles. The van der Waals surface area contributed by atoms with Crippen molar-refractivity contribution in [3.05, 3.63) is 57.8 Å². The summed E-state index contributed by atoms with van der Waals surface area (Å²) < 4.78 is 4.92. The summed E-state index contributed by atoms with van der Waals surface area (Å²) in [6.45, 7) is 2.16. The minimum Gasteiger partial charge on any atom is -0.452 e. The molecule has 0 atom stereocenters. The third-order valence-electron chi connectivity index (χ3n) is 2.66. The molecule has 4 nitrogen and oxygen atoms in total. The second kappa shape index (κ2) is 6.86. The summed E-state index contributed by atoms with van der Waals surface area (Å²) in [5.74, 6) is -0.785. The molecule has 1 N–H and O–H groups in total. The second-order valence-electron chi connectivity index (χ2n) is 4.35. The number of hydrogen-bond donors (Lipinski definition) is 1. The van der Waals surface area contributed by atoms with Crippen LogP contribution in [-0.4, -0.2) is 18.5 Å². The Morgan fingerprint density at radius 1 is 1.30 bits per heavy atom. The van der Waals surface area contributed by atoms with Crippen LogP contribution in [0, 0.1) is 6.92 Å². The van der Waals surface area contributed by atoms with Gasteiger partial charge in [-0.2, -0.15) is 11.3 Å². The van der Waals surface area contributed by atoms with Gasteiger partial charge < -0.3 is 10.1 Å². The van der Waals surface area contributed by atoms with E-state index in [1.165, 1.54) is 11.3 Å². The van der Waals surface area contributed by atoms with Crippen molar-refractivity contribution in [1.29, 1.82) is 0 Å². The molecule has 0 aliphatic heterocycles. The molecule has 2 rings (SSSR count). The average Bonchev–Trinajstić information content (AvgIpc) is 2.97. The van der Waals surface area contributed by atoms with Gasteiger partial charge in [-0.3, -0.25) is 4.79 Å². The van der Waals surface area contributed by atoms with Crippen LogP contribution in [0.4, 0.5) is 0 Å². The number of aryl methyl sites for hydroxylation is 1. The minimum absolute atomic E-state index is 0.263. The molecule has 20 heavy (non-hydrogen) atoms. The summed E-state index contributed by atoms with van der Waals surface area (Å²) in [5, 5.41) is 6.19. The fraction of sp³-hybridized carbons (Fsp3) is 0.200. The van der Waals surface area contributed by atoms with Gasteiger partial charge in [0.1, 0.15) is 0 Å². The SMILES string of the molecule is Cc1cccc(CNC(=O)COC(=O)c2ccsc2)c1. The van der Waals surface area contributed by atoms with Gasteiger partial charge in [-0.15, -0.1) is 0 Å². The van der Waals surface area contributed by atoms with Crippen molar-refractivity contribution in [3.8, 4) is 0 Å². The van der Waals surface area contributed by atoms with Gasteiger partial charge in [0.05, 0.1) is 5.56 Å². The number of nitrogens with one attached hydrogen (secondary N) is 1. The standard InChI is InChI=1S/C15H15NO3S/c1-11-3-2-4-12(7-11)8-16-14(17)9-19-15(18)13-5-6-20-10-13/h2-7,10H,8-9H2,1H3,(H,16,17). The molecule has 1 aromatic carbocycles. The van der Waals surface area contributed by atoms with Crippen LogP contribution in [0.3, 0.4) is 0 Å². The number of ether oxygens (including phenoxy) is 1. The Balaban J connectivity index is 1.74. The average molecular weight is 289 g/mol. The number of carbonyl (C=O) groups excluding carboxylic acids is 2. The van der Waals surface area contributed by atoms with Gasteiger partial charge in [-0.25, -0.2) is 4.79 Å². The first-order chi connectivity index (χ1) is 9.65. The number of esters is 1. The van der Waals surface area contributed by atoms with E-state index in [1.807, 2.05) is 31.2 Å². The maximum Gasteiger partial charge on any atom is 0.339 e. The minimum atomic E-state index is -0.475. The van der Waals surface area contributed by atoms with Crippen LogP contribution in [0.1, 0.15) is 21.5 Å². The molecule has 5 heteroatoms. The van der Waals surface area contributed by atoms with E-state index in [9.17, 15) is 9.59 Å². The molecule has 0 aliphatic carbocycles. The normalized spacial score (nSPS) is 10.1. The molecular weight excluding hydrogens is 274 g/mol. The zero-order valence-corrected chi connectivity index (χ0v) is 11.9. The Hall–Kier alpha value is -2.14. The van der Waals surface area contributed by atoms with Crippen molar-refractivity contribution in [3.63, 3.8) is 0 Å². The lowest BCUT2D eigenvalue weighted by atomic mass is 10.1. The van der Waals surface area contributed by atoms with E-state index in [0.29, 0.717) is 12.1 Å². The van der Waals surface area contributed by atoms with Gasteiger partial charge in [-0.1, -0.05) is 29.8 Å². The topological polar surface area (TPSA) is 55.4 Å². The highest BCUT2D eigenvalue weighted by molar-refractivity contribution is 7.08. The first-order valence-electron chi connectivity index (χ1n) is 6.17. The van der Waals surface area contributed by atoms with Gasteiger partial charge in [0.25, 0.3) is 5.91 Å². The Morgan fingerprint density at radius 3 is 2.85 bits per heavy atom. The number of hydrogen-bond acceptors (Lipinski definition) is 4. The highest BCUT2D eigenvalue weighted by atomic mass is 32.1. The predicted octanol–water partition coefficient (Wildman–Crippen LogP) is 2.53. The second-order valence-corrected chi connectivity index (χ2v) is 5.13. The fourth-order valence-electron chi connectivity index (χ4n) is 1.67. The number of amides is 1. The Morgan fingerprint density at radius 2 is 2.15 bits per heavy atom. The Labute approximate surface area is 121 Å². The third kappa shape index (κ3) is 4.20. The lowest BCUT2D eigenvalue weighted by Gasteiger charge is -2.06. The Bertz CT molecular complexity index is 593. The van der Waals surface area contributed by atoms with Crippen molar-refractivity contribution in [2.75, 3.05) is 6.61 Å². The van der Waals surface area contributed by atoms with Crippen LogP contribution >= 0.6 is 11.3 Å². The molecule has 1 amide bonds. The molecule has 1 heterocycles. The lowest BCUT2D eigenvalue weighted by Crippen LogP contribution is -2.28. The van der Waals surface area contributed by atoms with Gasteiger partial charge in [0, 0.05) is 11.9 Å². The van der Waals surface area contributed by atoms with Gasteiger partial charge in [0.15, 0.2) is 6.61 Å². The molecule has 0 radical (unpaired) electrons. The van der Waals surface area contributed by atoms with Crippen molar-refractivity contribution >= 4 is 23.2 Å². The third-order valence-corrected chi connectivity index (χ3v) is 3.35. The first kappa shape index (κ1) is 14.3. The zero-order chi connectivity index (χ0) is 14.4. The van der Waals surface area contributed by atoms with E-state index in [2.05, 4.69) is 5.32 Å². The summed E-state index contributed by atoms with van der Waals surface area (Å²) in [5.41, 5.74) is 2.63. The van der Waals surface area contributed by atoms with Crippen molar-refractivity contribution in [1.82, 2.24) is 5.32 Å². The van der Waals surface area contributed by atoms with E-state index >= 15 is 0 Å². The molecule has 104 valence electrons. The van der Waals surface area contributed by atoms with Crippen molar-refractivity contribution in [2.45, 2.75) is 13.5 Å². The summed E-state index contributed by atoms with van der Waals surface area (Å²) in [6, 6.07) is 9.53. The number of thiophene rings is 1. The maximum absolute atomic E-state index is 11.6. The van der Waals surface area contributed by atoms with Crippen LogP contribution in [0.25, 0.3) is 0 Å². The molecule has 0 fully saturated rings. The summed E-state index contributed by atoms with van der Waals surface area (Å²) >= 11 is 1.41. The molecule has 1 aromatic heterocycles. The zero-order valence-electron chi connectivity index (χ0n) is 11.1. The summed E-state index contributed by atoms with van der Waals surface area (Å²) in [7, 11) is 0. The Kier molecular flexibility index (Phi) is 4.90. The molecular formula is C15H15NO3S. The molecule has 0 saturated carbocycles. The molecule has 0 spiro atoms. The summed E-state index contributed by atoms with van der Waals surface area (Å²) in [6.07, 6.45) is 0. The van der Waals surface area contributed by atoms with E-state index in [0.717, 1.165) is 11.1 Å². The molecule has 0 unspecified atom stereocenters. The number of carbonyl (C=O) groups is 2. The van der Waals surface area contributed by atoms with Crippen LogP contribution in [0.15, 0.2) is 41.1 Å². The maximum atomic E-state index is 11.6. The van der Waals surface area contributed by atoms with Crippen LogP contribution in [0.5, 0.6) is 0 Å². The van der Waals surface area contributed by atoms with E-state index in [4.69, 9.17) is 4.74 Å². The molecule has 2 aromatic rings. The first-order valence-corrected chi connectivity index (χ1v) is 7.11. The lowest BCUT2D eigenvalue weighted by molar-refractivity contribution is -0.124. The van der Waals surface area contributed by atoms with Crippen molar-refractivity contribution < 1.29 is 14.3 Å². The van der Waals surface area contributed by atoms with E-state index in [1.54, 1.807) is 16.8 Å². The number of benzene rings is 1. The smallest absolute Gasteiger partial charge is 0.339 e. The molecule has 0 bridgehead atoms. The van der Waals surface area contributed by atoms with Crippen LogP contribution < -0.4 is 5.32 Å². The quantitative estimate of drug-likeness (QED) is 0.861. The number of rotatable bonds is 5. The van der Waals surface area contributed by atoms with Gasteiger partial charge >= 0.3 is 5.97 Å². The highest BCUT2D eigenvalue weighted by Gasteiger charge is 2.10. The fourth-order valence-corrected chi connectivity index (χ4v) is 2.29. The summed E-state index contributed by atoms with van der Waals surface area (Å²) in [4.78, 5) is 23.1. The van der Waals surface area contributed by atoms with Crippen LogP contribution in [0.2, 0.25) is 0 Å². The monoisotopic (exact) mass is 289 g/mol. The van der Waals surface area contributed by atoms with Crippen molar-refractivity contribution in [2.24, 2.45) is 0 Å². The van der Waals surface area contributed by atoms with Crippen LogP contribution in [-0.2, 0) is 16.1 Å². The largest absolute Gasteiger partial charge is 0.452 e. The van der Waals surface area contributed by atoms with Gasteiger partial charge in [0.2, 0.25) is 0 Å². The highest BCUT2D eigenvalue weighted by Crippen LogP contribution is 2.07.